The van der Waals surface area contributed by atoms with Crippen molar-refractivity contribution in [3.05, 3.63) is 89.0 Å². The van der Waals surface area contributed by atoms with Gasteiger partial charge in [-0.25, -0.2) is 0 Å². The van der Waals surface area contributed by atoms with Crippen LogP contribution in [0.1, 0.15) is 121 Å². The third-order valence-electron chi connectivity index (χ3n) is 7.07. The van der Waals surface area contributed by atoms with Crippen molar-refractivity contribution in [3.8, 4) is 0 Å². The van der Waals surface area contributed by atoms with Crippen LogP contribution in [-0.2, 0) is 19.3 Å². The van der Waals surface area contributed by atoms with Crippen LogP contribution in [-0.4, -0.2) is 5.71 Å². The zero-order chi connectivity index (χ0) is 28.9. The Labute approximate surface area is 237 Å². The van der Waals surface area contributed by atoms with Crippen LogP contribution in [0.3, 0.4) is 0 Å². The Morgan fingerprint density at radius 1 is 0.895 bits per heavy atom. The Hall–Kier alpha value is -2.41. The van der Waals surface area contributed by atoms with Crippen LogP contribution in [0.4, 0.5) is 5.69 Å². The fourth-order valence-corrected chi connectivity index (χ4v) is 4.46. The van der Waals surface area contributed by atoms with Crippen LogP contribution >= 0.6 is 0 Å². The summed E-state index contributed by atoms with van der Waals surface area (Å²) in [5.41, 5.74) is 11.0. The molecule has 0 amide bonds. The van der Waals surface area contributed by atoms with E-state index in [-0.39, 0.29) is 0 Å². The van der Waals surface area contributed by atoms with Gasteiger partial charge in [-0.2, -0.15) is 0 Å². The number of benzene rings is 2. The number of aliphatic imine (C=N–C) groups is 1. The molecule has 0 saturated heterocycles. The van der Waals surface area contributed by atoms with E-state index < -0.39 is 0 Å². The third kappa shape index (κ3) is 14.5. The molecule has 0 spiro atoms. The maximum Gasteiger partial charge on any atom is 0.0692 e. The predicted octanol–water partition coefficient (Wildman–Crippen LogP) is 11.9. The van der Waals surface area contributed by atoms with Gasteiger partial charge in [0.05, 0.1) is 5.69 Å². The van der Waals surface area contributed by atoms with E-state index in [9.17, 15) is 0 Å². The highest BCUT2D eigenvalue weighted by molar-refractivity contribution is 5.87. The molecule has 38 heavy (non-hydrogen) atoms. The standard InChI is InChI=1S/C20H31N.C9H12.C5H10.C3H6/c1-5-10-18-14-13-15(3)20(19(18)6-2)21-16(4)17-11-8-7-9-12-17;1-3-9-6-4-8(2)5-7-9;1-4-5(2)3;1-3-2/h13-14,17H,5-12H2,1-4H3;4-7H,3H2,1-2H3;2,4H2,1,3H3;3H,1H2,2H3. The topological polar surface area (TPSA) is 12.4 Å². The van der Waals surface area contributed by atoms with Gasteiger partial charge in [0.1, 0.15) is 0 Å². The first-order chi connectivity index (χ1) is 18.2. The zero-order valence-corrected chi connectivity index (χ0v) is 26.6. The van der Waals surface area contributed by atoms with Gasteiger partial charge in [0.25, 0.3) is 0 Å². The second-order valence-corrected chi connectivity index (χ2v) is 10.6. The molecule has 0 aromatic heterocycles. The highest BCUT2D eigenvalue weighted by atomic mass is 14.8. The van der Waals surface area contributed by atoms with Gasteiger partial charge in [-0.3, -0.25) is 4.99 Å². The summed E-state index contributed by atoms with van der Waals surface area (Å²) in [4.78, 5) is 5.11. The molecule has 1 saturated carbocycles. The van der Waals surface area contributed by atoms with Crippen LogP contribution in [0.5, 0.6) is 0 Å². The normalized spacial score (nSPS) is 13.1. The number of hydrogen-bond donors (Lipinski definition) is 0. The Morgan fingerprint density at radius 3 is 1.89 bits per heavy atom. The highest BCUT2D eigenvalue weighted by Crippen LogP contribution is 2.32. The minimum absolute atomic E-state index is 0.720. The summed E-state index contributed by atoms with van der Waals surface area (Å²) in [5.74, 6) is 0.720. The van der Waals surface area contributed by atoms with Crippen LogP contribution in [0.2, 0.25) is 0 Å². The van der Waals surface area contributed by atoms with Crippen LogP contribution in [0, 0.1) is 19.8 Å². The van der Waals surface area contributed by atoms with Gasteiger partial charge in [0.15, 0.2) is 0 Å². The summed E-state index contributed by atoms with van der Waals surface area (Å²) in [6.45, 7) is 26.3. The van der Waals surface area contributed by atoms with Crippen molar-refractivity contribution in [3.63, 3.8) is 0 Å². The van der Waals surface area contributed by atoms with Gasteiger partial charge in [-0.1, -0.05) is 107 Å². The maximum atomic E-state index is 5.11. The Balaban J connectivity index is 0.000000660. The minimum Gasteiger partial charge on any atom is -0.257 e. The molecule has 2 aromatic carbocycles. The molecular formula is C37H59N. The van der Waals surface area contributed by atoms with E-state index >= 15 is 0 Å². The molecule has 1 fully saturated rings. The quantitative estimate of drug-likeness (QED) is 0.256. The summed E-state index contributed by atoms with van der Waals surface area (Å²) < 4.78 is 0. The van der Waals surface area contributed by atoms with Crippen LogP contribution < -0.4 is 0 Å². The lowest BCUT2D eigenvalue weighted by molar-refractivity contribution is 0.438. The van der Waals surface area contributed by atoms with E-state index in [1.807, 2.05) is 13.8 Å². The lowest BCUT2D eigenvalue weighted by atomic mass is 9.86. The summed E-state index contributed by atoms with van der Waals surface area (Å²) in [7, 11) is 0. The van der Waals surface area contributed by atoms with Gasteiger partial charge in [0, 0.05) is 5.71 Å². The van der Waals surface area contributed by atoms with E-state index in [2.05, 4.69) is 98.0 Å². The average Bonchev–Trinajstić information content (AvgIpc) is 2.92. The van der Waals surface area contributed by atoms with Gasteiger partial charge in [-0.15, -0.1) is 13.2 Å². The molecule has 0 unspecified atom stereocenters. The predicted molar refractivity (Wildman–Crippen MR) is 175 cm³/mol. The molecule has 1 aliphatic carbocycles. The van der Waals surface area contributed by atoms with Gasteiger partial charge in [0.2, 0.25) is 0 Å². The molecule has 1 heteroatoms. The van der Waals surface area contributed by atoms with Crippen molar-refractivity contribution in [2.45, 2.75) is 127 Å². The second-order valence-electron chi connectivity index (χ2n) is 10.6. The zero-order valence-electron chi connectivity index (χ0n) is 26.6. The summed E-state index contributed by atoms with van der Waals surface area (Å²) in [5, 5.41) is 0. The first kappa shape index (κ1) is 35.6. The molecule has 212 valence electrons. The Morgan fingerprint density at radius 2 is 1.45 bits per heavy atom. The lowest BCUT2D eigenvalue weighted by Gasteiger charge is -2.22. The number of aryl methyl sites for hydroxylation is 4. The fourth-order valence-electron chi connectivity index (χ4n) is 4.46. The molecule has 0 N–H and O–H groups in total. The van der Waals surface area contributed by atoms with Gasteiger partial charge < -0.3 is 0 Å². The molecule has 0 aliphatic heterocycles. The molecule has 0 bridgehead atoms. The number of allylic oxidation sites excluding steroid dienone is 2. The van der Waals surface area contributed by atoms with E-state index in [0.29, 0.717) is 0 Å². The highest BCUT2D eigenvalue weighted by Gasteiger charge is 2.17. The smallest absolute Gasteiger partial charge is 0.0692 e. The molecule has 3 rings (SSSR count). The van der Waals surface area contributed by atoms with E-state index in [0.717, 1.165) is 25.2 Å². The van der Waals surface area contributed by atoms with Crippen molar-refractivity contribution in [1.29, 1.82) is 0 Å². The molecular weight excluding hydrogens is 458 g/mol. The largest absolute Gasteiger partial charge is 0.257 e. The first-order valence-corrected chi connectivity index (χ1v) is 15.1. The maximum absolute atomic E-state index is 5.11. The van der Waals surface area contributed by atoms with Crippen LogP contribution in [0.15, 0.2) is 66.2 Å². The fraction of sp³-hybridized carbons (Fsp3) is 0.541. The molecule has 1 aliphatic rings. The SMILES string of the molecule is C=C(C)CC.C=CC.CCCc1ccc(C)c(N=C(C)C2CCCCC2)c1CC.CCc1ccc(C)cc1. The minimum atomic E-state index is 0.720. The molecule has 0 radical (unpaired) electrons. The average molecular weight is 518 g/mol. The van der Waals surface area contributed by atoms with Gasteiger partial charge >= 0.3 is 0 Å². The van der Waals surface area contributed by atoms with Crippen molar-refractivity contribution >= 4 is 11.4 Å². The Kier molecular flexibility index (Phi) is 20.2. The molecule has 0 atom stereocenters. The van der Waals surface area contributed by atoms with Crippen molar-refractivity contribution in [2.24, 2.45) is 10.9 Å². The first-order valence-electron chi connectivity index (χ1n) is 15.1. The van der Waals surface area contributed by atoms with Crippen molar-refractivity contribution < 1.29 is 0 Å². The number of nitrogens with zero attached hydrogens (tertiary/aromatic N) is 1. The van der Waals surface area contributed by atoms with E-state index in [1.54, 1.807) is 6.08 Å². The number of rotatable bonds is 7. The molecule has 1 nitrogen and oxygen atoms in total. The summed E-state index contributed by atoms with van der Waals surface area (Å²) >= 11 is 0. The number of hydrogen-bond acceptors (Lipinski definition) is 1. The second kappa shape index (κ2) is 21.5. The molecule has 0 heterocycles. The van der Waals surface area contributed by atoms with E-state index in [4.69, 9.17) is 4.99 Å². The summed E-state index contributed by atoms with van der Waals surface area (Å²) in [6.07, 6.45) is 14.3. The summed E-state index contributed by atoms with van der Waals surface area (Å²) in [6, 6.07) is 13.2. The van der Waals surface area contributed by atoms with Gasteiger partial charge in [-0.05, 0) is 101 Å². The monoisotopic (exact) mass is 517 g/mol. The van der Waals surface area contributed by atoms with Crippen molar-refractivity contribution in [1.82, 2.24) is 0 Å². The van der Waals surface area contributed by atoms with Crippen LogP contribution in [0.25, 0.3) is 0 Å². The molecule has 2 aromatic rings. The third-order valence-corrected chi connectivity index (χ3v) is 7.07. The van der Waals surface area contributed by atoms with Crippen molar-refractivity contribution in [2.75, 3.05) is 0 Å². The lowest BCUT2D eigenvalue weighted by Crippen LogP contribution is -2.14. The van der Waals surface area contributed by atoms with E-state index in [1.165, 1.54) is 89.7 Å². The Bertz CT molecular complexity index is 939.